The van der Waals surface area contributed by atoms with Crippen molar-refractivity contribution in [1.29, 1.82) is 0 Å². The molecular weight excluding hydrogens is 208 g/mol. The molecule has 0 N–H and O–H groups in total. The first-order valence-corrected chi connectivity index (χ1v) is 4.69. The van der Waals surface area contributed by atoms with Crippen molar-refractivity contribution >= 4 is 5.97 Å². The summed E-state index contributed by atoms with van der Waals surface area (Å²) in [6.45, 7) is 1.91. The summed E-state index contributed by atoms with van der Waals surface area (Å²) >= 11 is 0. The summed E-state index contributed by atoms with van der Waals surface area (Å²) in [5.41, 5.74) is 1.77. The number of ether oxygens (including phenoxy) is 1. The summed E-state index contributed by atoms with van der Waals surface area (Å²) in [4.78, 5) is 15.3. The number of methoxy groups -OCH3 is 1. The summed E-state index contributed by atoms with van der Waals surface area (Å²) < 4.78 is 9.58. The summed E-state index contributed by atoms with van der Waals surface area (Å²) in [6, 6.07) is 5.25. The molecule has 0 spiro atoms. The number of carbonyl (C=O) groups excluding carboxylic acids is 1. The molecule has 2 rings (SSSR count). The van der Waals surface area contributed by atoms with Crippen LogP contribution in [0.25, 0.3) is 11.5 Å². The van der Waals surface area contributed by atoms with Crippen LogP contribution < -0.4 is 0 Å². The lowest BCUT2D eigenvalue weighted by molar-refractivity contribution is 0.0589. The lowest BCUT2D eigenvalue weighted by Gasteiger charge is -1.97. The molecule has 0 aliphatic carbocycles. The zero-order chi connectivity index (χ0) is 11.5. The van der Waals surface area contributed by atoms with Crippen molar-refractivity contribution in [3.05, 3.63) is 35.7 Å². The highest BCUT2D eigenvalue weighted by molar-refractivity contribution is 5.88. The molecular formula is C11H10N2O3. The molecule has 0 radical (unpaired) electrons. The molecule has 2 heterocycles. The molecule has 0 atom stereocenters. The zero-order valence-electron chi connectivity index (χ0n) is 8.93. The number of esters is 1. The number of nitrogens with zero attached hydrogens (tertiary/aromatic N) is 2. The molecule has 0 amide bonds. The summed E-state index contributed by atoms with van der Waals surface area (Å²) in [5.74, 6) is -0.0675. The molecule has 0 aliphatic rings. The Morgan fingerprint density at radius 1 is 1.50 bits per heavy atom. The van der Waals surface area contributed by atoms with E-state index < -0.39 is 5.97 Å². The quantitative estimate of drug-likeness (QED) is 0.719. The number of pyridine rings is 1. The van der Waals surface area contributed by atoms with Gasteiger partial charge in [-0.1, -0.05) is 11.2 Å². The van der Waals surface area contributed by atoms with E-state index in [2.05, 4.69) is 14.9 Å². The fraction of sp³-hybridized carbons (Fsp3) is 0.182. The molecule has 0 saturated carbocycles. The number of hydrogen-bond acceptors (Lipinski definition) is 5. The maximum absolute atomic E-state index is 11.2. The van der Waals surface area contributed by atoms with E-state index in [0.29, 0.717) is 11.5 Å². The normalized spacial score (nSPS) is 10.1. The van der Waals surface area contributed by atoms with Gasteiger partial charge in [0.05, 0.1) is 7.11 Å². The first kappa shape index (κ1) is 10.4. The number of rotatable bonds is 2. The molecule has 2 aromatic heterocycles. The minimum Gasteiger partial charge on any atom is -0.464 e. The lowest BCUT2D eigenvalue weighted by Crippen LogP contribution is -2.00. The Morgan fingerprint density at radius 2 is 2.31 bits per heavy atom. The van der Waals surface area contributed by atoms with Gasteiger partial charge in [0, 0.05) is 12.3 Å². The van der Waals surface area contributed by atoms with Crippen LogP contribution in [-0.4, -0.2) is 23.2 Å². The average molecular weight is 218 g/mol. The van der Waals surface area contributed by atoms with Gasteiger partial charge in [0.25, 0.3) is 0 Å². The van der Waals surface area contributed by atoms with Crippen molar-refractivity contribution < 1.29 is 14.1 Å². The molecule has 0 fully saturated rings. The Hall–Kier alpha value is -2.17. The minimum atomic E-state index is -0.524. The van der Waals surface area contributed by atoms with E-state index in [4.69, 9.17) is 4.52 Å². The highest BCUT2D eigenvalue weighted by Crippen LogP contribution is 2.21. The molecule has 16 heavy (non-hydrogen) atoms. The van der Waals surface area contributed by atoms with Gasteiger partial charge >= 0.3 is 5.97 Å². The Balaban J connectivity index is 2.39. The smallest absolute Gasteiger partial charge is 0.360 e. The Labute approximate surface area is 92.0 Å². The summed E-state index contributed by atoms with van der Waals surface area (Å²) in [6.07, 6.45) is 1.66. The molecule has 0 aliphatic heterocycles. The number of hydrogen-bond donors (Lipinski definition) is 0. The van der Waals surface area contributed by atoms with Gasteiger partial charge in [-0.05, 0) is 18.6 Å². The van der Waals surface area contributed by atoms with Crippen LogP contribution in [-0.2, 0) is 4.74 Å². The average Bonchev–Trinajstić information content (AvgIpc) is 2.78. The van der Waals surface area contributed by atoms with Gasteiger partial charge < -0.3 is 9.26 Å². The molecule has 0 bridgehead atoms. The molecule has 0 aromatic carbocycles. The summed E-state index contributed by atoms with van der Waals surface area (Å²) in [7, 11) is 1.29. The Bertz CT molecular complexity index is 519. The third kappa shape index (κ3) is 1.79. The number of aromatic nitrogens is 2. The highest BCUT2D eigenvalue weighted by atomic mass is 16.5. The van der Waals surface area contributed by atoms with Crippen LogP contribution in [0.3, 0.4) is 0 Å². The predicted octanol–water partition coefficient (Wildman–Crippen LogP) is 1.83. The molecule has 5 nitrogen and oxygen atoms in total. The van der Waals surface area contributed by atoms with Gasteiger partial charge in [0.15, 0.2) is 11.5 Å². The van der Waals surface area contributed by atoms with E-state index in [1.165, 1.54) is 13.2 Å². The van der Waals surface area contributed by atoms with E-state index in [0.717, 1.165) is 5.56 Å². The van der Waals surface area contributed by atoms with Crippen LogP contribution >= 0.6 is 0 Å². The fourth-order valence-electron chi connectivity index (χ4n) is 1.33. The van der Waals surface area contributed by atoms with Gasteiger partial charge in [-0.3, -0.25) is 4.98 Å². The van der Waals surface area contributed by atoms with Crippen molar-refractivity contribution in [2.75, 3.05) is 7.11 Å². The van der Waals surface area contributed by atoms with Gasteiger partial charge in [0.1, 0.15) is 5.69 Å². The predicted molar refractivity (Wildman–Crippen MR) is 55.8 cm³/mol. The molecule has 0 saturated heterocycles. The first-order valence-electron chi connectivity index (χ1n) is 4.69. The van der Waals surface area contributed by atoms with Crippen molar-refractivity contribution in [3.63, 3.8) is 0 Å². The van der Waals surface area contributed by atoms with Crippen LogP contribution in [0.2, 0.25) is 0 Å². The van der Waals surface area contributed by atoms with Gasteiger partial charge in [-0.25, -0.2) is 4.79 Å². The molecule has 5 heteroatoms. The highest BCUT2D eigenvalue weighted by Gasteiger charge is 2.15. The van der Waals surface area contributed by atoms with E-state index in [1.54, 1.807) is 6.20 Å². The van der Waals surface area contributed by atoms with Gasteiger partial charge in [0.2, 0.25) is 0 Å². The van der Waals surface area contributed by atoms with Crippen molar-refractivity contribution in [2.24, 2.45) is 0 Å². The van der Waals surface area contributed by atoms with Crippen molar-refractivity contribution in [2.45, 2.75) is 6.92 Å². The minimum absolute atomic E-state index is 0.141. The molecule has 82 valence electrons. The van der Waals surface area contributed by atoms with E-state index in [9.17, 15) is 4.79 Å². The Kier molecular flexibility index (Phi) is 2.68. The van der Waals surface area contributed by atoms with E-state index in [-0.39, 0.29) is 5.69 Å². The van der Waals surface area contributed by atoms with Gasteiger partial charge in [-0.2, -0.15) is 0 Å². The van der Waals surface area contributed by atoms with Crippen LogP contribution in [0.1, 0.15) is 16.1 Å². The van der Waals surface area contributed by atoms with Crippen LogP contribution in [0.15, 0.2) is 28.9 Å². The fourth-order valence-corrected chi connectivity index (χ4v) is 1.33. The third-order valence-corrected chi connectivity index (χ3v) is 2.15. The topological polar surface area (TPSA) is 65.2 Å². The van der Waals surface area contributed by atoms with E-state index in [1.807, 2.05) is 19.1 Å². The van der Waals surface area contributed by atoms with Crippen LogP contribution in [0, 0.1) is 6.92 Å². The van der Waals surface area contributed by atoms with Crippen molar-refractivity contribution in [3.8, 4) is 11.5 Å². The van der Waals surface area contributed by atoms with Crippen LogP contribution in [0.4, 0.5) is 0 Å². The zero-order valence-corrected chi connectivity index (χ0v) is 8.93. The summed E-state index contributed by atoms with van der Waals surface area (Å²) in [5, 5.41) is 3.61. The molecule has 2 aromatic rings. The lowest BCUT2D eigenvalue weighted by atomic mass is 10.2. The van der Waals surface area contributed by atoms with Crippen molar-refractivity contribution in [1.82, 2.24) is 10.1 Å². The third-order valence-electron chi connectivity index (χ3n) is 2.15. The monoisotopic (exact) mass is 218 g/mol. The molecule has 0 unspecified atom stereocenters. The standard InChI is InChI=1S/C11H10N2O3/c1-7-4-3-5-12-10(7)9-6-8(13-16-9)11(14)15-2/h3-6H,1-2H3. The number of carbonyl (C=O) groups is 1. The van der Waals surface area contributed by atoms with Crippen LogP contribution in [0.5, 0.6) is 0 Å². The second-order valence-corrected chi connectivity index (χ2v) is 3.24. The number of aryl methyl sites for hydroxylation is 1. The SMILES string of the molecule is COC(=O)c1cc(-c2ncccc2C)on1. The maximum Gasteiger partial charge on any atom is 0.360 e. The Morgan fingerprint density at radius 3 is 3.00 bits per heavy atom. The largest absolute Gasteiger partial charge is 0.464 e. The van der Waals surface area contributed by atoms with E-state index >= 15 is 0 Å². The van der Waals surface area contributed by atoms with Gasteiger partial charge in [-0.15, -0.1) is 0 Å². The second kappa shape index (κ2) is 4.14. The maximum atomic E-state index is 11.2. The second-order valence-electron chi connectivity index (χ2n) is 3.24. The first-order chi connectivity index (χ1) is 7.72.